The van der Waals surface area contributed by atoms with E-state index in [0.29, 0.717) is 17.9 Å². The third kappa shape index (κ3) is 5.33. The third-order valence-electron chi connectivity index (χ3n) is 5.14. The zero-order valence-electron chi connectivity index (χ0n) is 16.8. The number of aromatic hydroxyl groups is 1. The van der Waals surface area contributed by atoms with Crippen LogP contribution in [0, 0.1) is 0 Å². The molecule has 1 aliphatic rings. The first-order valence-electron chi connectivity index (χ1n) is 10.1. The van der Waals surface area contributed by atoms with Crippen LogP contribution in [-0.4, -0.2) is 50.3 Å². The number of benzene rings is 2. The Morgan fingerprint density at radius 2 is 1.93 bits per heavy atom. The van der Waals surface area contributed by atoms with E-state index in [1.54, 1.807) is 12.3 Å². The zero-order valence-corrected chi connectivity index (χ0v) is 16.8. The van der Waals surface area contributed by atoms with Crippen molar-refractivity contribution in [1.29, 1.82) is 0 Å². The summed E-state index contributed by atoms with van der Waals surface area (Å²) < 4.78 is 11.1. The molecule has 1 saturated heterocycles. The monoisotopic (exact) mass is 383 g/mol. The van der Waals surface area contributed by atoms with Gasteiger partial charge in [0.15, 0.2) is 0 Å². The maximum absolute atomic E-state index is 10.3. The second-order valence-corrected chi connectivity index (χ2v) is 7.25. The highest BCUT2D eigenvalue weighted by Crippen LogP contribution is 2.23. The molecule has 0 bridgehead atoms. The van der Waals surface area contributed by atoms with E-state index in [2.05, 4.69) is 38.1 Å². The largest absolute Gasteiger partial charge is 0.507 e. The van der Waals surface area contributed by atoms with Crippen molar-refractivity contribution >= 4 is 6.21 Å². The van der Waals surface area contributed by atoms with Gasteiger partial charge in [0.1, 0.15) is 36.7 Å². The molecule has 3 rings (SSSR count). The van der Waals surface area contributed by atoms with Gasteiger partial charge in [0.2, 0.25) is 0 Å². The van der Waals surface area contributed by atoms with Crippen LogP contribution >= 0.6 is 0 Å². The summed E-state index contributed by atoms with van der Waals surface area (Å²) in [6, 6.07) is 16.3. The quantitative estimate of drug-likeness (QED) is 0.689. The lowest BCUT2D eigenvalue weighted by molar-refractivity contribution is -0.940. The molecule has 0 unspecified atom stereocenters. The van der Waals surface area contributed by atoms with Crippen LogP contribution in [0.15, 0.2) is 53.5 Å². The first kappa shape index (κ1) is 20.4. The minimum absolute atomic E-state index is 0.0749. The van der Waals surface area contributed by atoms with Gasteiger partial charge in [0.25, 0.3) is 0 Å². The van der Waals surface area contributed by atoms with Gasteiger partial charge in [-0.2, -0.15) is 0 Å². The molecule has 2 N–H and O–H groups in total. The predicted octanol–water partition coefficient (Wildman–Crippen LogP) is 2.64. The summed E-state index contributed by atoms with van der Waals surface area (Å²) >= 11 is 0. The fourth-order valence-corrected chi connectivity index (χ4v) is 3.69. The van der Waals surface area contributed by atoms with Gasteiger partial charge in [0.05, 0.1) is 19.8 Å². The lowest BCUT2D eigenvalue weighted by atomic mass is 9.98. The van der Waals surface area contributed by atoms with Gasteiger partial charge < -0.3 is 19.5 Å². The van der Waals surface area contributed by atoms with Crippen LogP contribution in [0.3, 0.4) is 0 Å². The number of quaternary nitrogens is 1. The van der Waals surface area contributed by atoms with Gasteiger partial charge >= 0.3 is 0 Å². The van der Waals surface area contributed by atoms with Crippen molar-refractivity contribution in [2.45, 2.75) is 32.4 Å². The molecule has 2 atom stereocenters. The van der Waals surface area contributed by atoms with Crippen LogP contribution in [0.4, 0.5) is 0 Å². The summed E-state index contributed by atoms with van der Waals surface area (Å²) in [5, 5.41) is 10.3. The Balaban J connectivity index is 1.76. The maximum atomic E-state index is 10.3. The molecule has 5 heteroatoms. The van der Waals surface area contributed by atoms with Crippen molar-refractivity contribution in [2.75, 3.05) is 32.9 Å². The first-order valence-corrected chi connectivity index (χ1v) is 10.1. The summed E-state index contributed by atoms with van der Waals surface area (Å²) in [5.74, 6) is 0.879. The summed E-state index contributed by atoms with van der Waals surface area (Å²) in [7, 11) is 0. The number of morpholine rings is 1. The number of rotatable bonds is 8. The number of hydrogen-bond acceptors (Lipinski definition) is 4. The van der Waals surface area contributed by atoms with Crippen molar-refractivity contribution < 1.29 is 19.5 Å². The van der Waals surface area contributed by atoms with Gasteiger partial charge in [-0.1, -0.05) is 37.3 Å². The van der Waals surface area contributed by atoms with E-state index in [1.165, 1.54) is 10.5 Å². The topological polar surface area (TPSA) is 55.5 Å². The molecule has 2 aromatic rings. The average molecular weight is 384 g/mol. The number of hydrogen-bond donors (Lipinski definition) is 2. The molecule has 0 radical (unpaired) electrons. The Kier molecular flexibility index (Phi) is 7.46. The molecule has 0 saturated carbocycles. The molecular formula is C23H31N2O3+. The summed E-state index contributed by atoms with van der Waals surface area (Å²) in [6.07, 6.45) is 2.71. The molecule has 0 aromatic heterocycles. The zero-order chi connectivity index (χ0) is 19.8. The van der Waals surface area contributed by atoms with E-state index < -0.39 is 0 Å². The van der Waals surface area contributed by atoms with E-state index in [9.17, 15) is 5.11 Å². The Labute approximate surface area is 167 Å². The molecule has 0 aliphatic carbocycles. The second kappa shape index (κ2) is 10.2. The molecule has 2 aromatic carbocycles. The molecule has 150 valence electrons. The SMILES string of the molecule is CCCOc1ccc(C=N[C@@H](C)[C@@H](c2ccccc2)[NH+]2CCOCC2)c(O)c1. The van der Waals surface area contributed by atoms with Crippen LogP contribution < -0.4 is 9.64 Å². The summed E-state index contributed by atoms with van der Waals surface area (Å²) in [6.45, 7) is 8.38. The van der Waals surface area contributed by atoms with Gasteiger partial charge in [-0.15, -0.1) is 0 Å². The minimum Gasteiger partial charge on any atom is -0.507 e. The minimum atomic E-state index is 0.0749. The maximum Gasteiger partial charge on any atom is 0.136 e. The van der Waals surface area contributed by atoms with Crippen molar-refractivity contribution in [2.24, 2.45) is 4.99 Å². The highest BCUT2D eigenvalue weighted by Gasteiger charge is 2.30. The average Bonchev–Trinajstić information content (AvgIpc) is 2.73. The fraction of sp³-hybridized carbons (Fsp3) is 0.435. The molecule has 1 aliphatic heterocycles. The number of nitrogens with zero attached hydrogens (tertiary/aromatic N) is 1. The number of nitrogens with one attached hydrogen (secondary N) is 1. The van der Waals surface area contributed by atoms with Crippen LogP contribution in [0.2, 0.25) is 0 Å². The third-order valence-corrected chi connectivity index (χ3v) is 5.14. The Hall–Kier alpha value is -2.37. The van der Waals surface area contributed by atoms with E-state index in [4.69, 9.17) is 14.5 Å². The normalized spacial score (nSPS) is 17.5. The smallest absolute Gasteiger partial charge is 0.136 e. The molecule has 5 nitrogen and oxygen atoms in total. The summed E-state index contributed by atoms with van der Waals surface area (Å²) in [4.78, 5) is 6.31. The van der Waals surface area contributed by atoms with Crippen LogP contribution in [0.25, 0.3) is 0 Å². The van der Waals surface area contributed by atoms with E-state index in [1.807, 2.05) is 18.2 Å². The summed E-state index contributed by atoms with van der Waals surface area (Å²) in [5.41, 5.74) is 2.00. The van der Waals surface area contributed by atoms with Crippen LogP contribution in [0.1, 0.15) is 37.4 Å². The predicted molar refractivity (Wildman–Crippen MR) is 112 cm³/mol. The number of phenolic OH excluding ortho intramolecular Hbond substituents is 1. The van der Waals surface area contributed by atoms with E-state index >= 15 is 0 Å². The lowest BCUT2D eigenvalue weighted by Gasteiger charge is -2.33. The molecule has 28 heavy (non-hydrogen) atoms. The van der Waals surface area contributed by atoms with Crippen LogP contribution in [0.5, 0.6) is 11.5 Å². The second-order valence-electron chi connectivity index (χ2n) is 7.25. The standard InChI is InChI=1S/C23H30N2O3/c1-3-13-28-21-10-9-20(22(26)16-21)17-24-18(2)23(19-7-5-4-6-8-19)25-11-14-27-15-12-25/h4-10,16-18,23,26H,3,11-15H2,1-2H3/p+1/t18-,23-/m0/s1. The van der Waals surface area contributed by atoms with Gasteiger partial charge in [-0.05, 0) is 25.5 Å². The van der Waals surface area contributed by atoms with Gasteiger partial charge in [-0.3, -0.25) is 4.99 Å². The Bertz CT molecular complexity index is 758. The molecule has 0 amide bonds. The molecule has 1 heterocycles. The van der Waals surface area contributed by atoms with Crippen molar-refractivity contribution in [3.05, 3.63) is 59.7 Å². The highest BCUT2D eigenvalue weighted by molar-refractivity contribution is 5.83. The Morgan fingerprint density at radius 3 is 2.61 bits per heavy atom. The fourth-order valence-electron chi connectivity index (χ4n) is 3.69. The molecular weight excluding hydrogens is 352 g/mol. The molecule has 1 fully saturated rings. The number of phenols is 1. The molecule has 0 spiro atoms. The van der Waals surface area contributed by atoms with Crippen molar-refractivity contribution in [3.63, 3.8) is 0 Å². The van der Waals surface area contributed by atoms with Gasteiger partial charge in [-0.25, -0.2) is 0 Å². The van der Waals surface area contributed by atoms with Crippen molar-refractivity contribution in [3.8, 4) is 11.5 Å². The number of aliphatic imine (C=N–C) groups is 1. The highest BCUT2D eigenvalue weighted by atomic mass is 16.5. The van der Waals surface area contributed by atoms with Gasteiger partial charge in [0, 0.05) is 23.4 Å². The van der Waals surface area contributed by atoms with E-state index in [0.717, 1.165) is 32.7 Å². The van der Waals surface area contributed by atoms with E-state index in [-0.39, 0.29) is 17.8 Å². The van der Waals surface area contributed by atoms with Crippen LogP contribution in [-0.2, 0) is 4.74 Å². The lowest BCUT2D eigenvalue weighted by Crippen LogP contribution is -3.15. The number of ether oxygens (including phenoxy) is 2. The first-order chi connectivity index (χ1) is 13.7. The Morgan fingerprint density at radius 1 is 1.18 bits per heavy atom. The van der Waals surface area contributed by atoms with Crippen molar-refractivity contribution in [1.82, 2.24) is 0 Å².